The van der Waals surface area contributed by atoms with E-state index in [2.05, 4.69) is 0 Å². The van der Waals surface area contributed by atoms with E-state index in [9.17, 15) is 4.79 Å². The normalized spacial score (nSPS) is 16.2. The molecule has 4 heteroatoms. The number of hydrogen-bond acceptors (Lipinski definition) is 2. The molecular formula is C11H20N2OS. The minimum atomic E-state index is 0.180. The van der Waals surface area contributed by atoms with Crippen molar-refractivity contribution in [3.63, 3.8) is 0 Å². The molecule has 0 heterocycles. The fourth-order valence-electron chi connectivity index (χ4n) is 1.79. The van der Waals surface area contributed by atoms with Crippen LogP contribution in [0.4, 0.5) is 0 Å². The molecule has 1 fully saturated rings. The number of hydrogen-bond donors (Lipinski definition) is 1. The molecule has 15 heavy (non-hydrogen) atoms. The Labute approximate surface area is 97.0 Å². The van der Waals surface area contributed by atoms with Crippen LogP contribution in [0.3, 0.4) is 0 Å². The zero-order chi connectivity index (χ0) is 11.4. The summed E-state index contributed by atoms with van der Waals surface area (Å²) in [6.07, 6.45) is 4.34. The van der Waals surface area contributed by atoms with Crippen molar-refractivity contribution in [2.45, 2.75) is 45.6 Å². The number of rotatable bonds is 5. The van der Waals surface area contributed by atoms with Gasteiger partial charge in [-0.1, -0.05) is 18.6 Å². The Balaban J connectivity index is 2.46. The number of carbonyl (C=O) groups is 1. The van der Waals surface area contributed by atoms with Crippen LogP contribution in [0.25, 0.3) is 0 Å². The van der Waals surface area contributed by atoms with Crippen LogP contribution in [0.15, 0.2) is 0 Å². The average Bonchev–Trinajstić information content (AvgIpc) is 2.06. The van der Waals surface area contributed by atoms with Crippen LogP contribution >= 0.6 is 12.2 Å². The lowest BCUT2D eigenvalue weighted by atomic mass is 9.82. The summed E-state index contributed by atoms with van der Waals surface area (Å²) in [4.78, 5) is 14.1. The Bertz CT molecular complexity index is 249. The molecule has 0 aliphatic heterocycles. The van der Waals surface area contributed by atoms with E-state index in [1.165, 1.54) is 19.3 Å². The first-order valence-corrected chi connectivity index (χ1v) is 5.99. The van der Waals surface area contributed by atoms with Gasteiger partial charge in [-0.05, 0) is 32.6 Å². The zero-order valence-electron chi connectivity index (χ0n) is 9.53. The molecule has 0 atom stereocenters. The number of carbonyl (C=O) groups excluding carboxylic acids is 1. The molecule has 0 aromatic rings. The summed E-state index contributed by atoms with van der Waals surface area (Å²) in [5.41, 5.74) is 5.48. The first kappa shape index (κ1) is 12.4. The lowest BCUT2D eigenvalue weighted by Crippen LogP contribution is -2.43. The van der Waals surface area contributed by atoms with Gasteiger partial charge in [0.15, 0.2) is 0 Å². The van der Waals surface area contributed by atoms with Crippen molar-refractivity contribution in [2.24, 2.45) is 11.7 Å². The molecule has 3 nitrogen and oxygen atoms in total. The summed E-state index contributed by atoms with van der Waals surface area (Å²) >= 11 is 4.85. The van der Waals surface area contributed by atoms with Gasteiger partial charge >= 0.3 is 0 Å². The van der Waals surface area contributed by atoms with Crippen LogP contribution in [0.2, 0.25) is 0 Å². The molecule has 1 amide bonds. The van der Waals surface area contributed by atoms with Crippen molar-refractivity contribution in [3.05, 3.63) is 0 Å². The number of thiocarbonyl (C=S) groups is 1. The Morgan fingerprint density at radius 1 is 1.53 bits per heavy atom. The molecule has 1 saturated carbocycles. The third-order valence-electron chi connectivity index (χ3n) is 2.96. The van der Waals surface area contributed by atoms with Gasteiger partial charge in [0, 0.05) is 12.5 Å². The molecule has 0 saturated heterocycles. The van der Waals surface area contributed by atoms with E-state index >= 15 is 0 Å². The predicted octanol–water partition coefficient (Wildman–Crippen LogP) is 1.70. The van der Waals surface area contributed by atoms with Gasteiger partial charge < -0.3 is 10.6 Å². The Morgan fingerprint density at radius 3 is 2.47 bits per heavy atom. The van der Waals surface area contributed by atoms with Crippen LogP contribution in [0.5, 0.6) is 0 Å². The molecule has 1 aliphatic carbocycles. The monoisotopic (exact) mass is 228 g/mol. The van der Waals surface area contributed by atoms with Crippen LogP contribution in [-0.4, -0.2) is 28.4 Å². The molecule has 2 N–H and O–H groups in total. The van der Waals surface area contributed by atoms with Crippen molar-refractivity contribution in [1.82, 2.24) is 4.90 Å². The maximum absolute atomic E-state index is 11.9. The fourth-order valence-corrected chi connectivity index (χ4v) is 1.93. The van der Waals surface area contributed by atoms with Crippen molar-refractivity contribution in [3.8, 4) is 0 Å². The van der Waals surface area contributed by atoms with Crippen molar-refractivity contribution >= 4 is 23.1 Å². The quantitative estimate of drug-likeness (QED) is 0.729. The van der Waals surface area contributed by atoms with Gasteiger partial charge in [-0.3, -0.25) is 4.79 Å². The van der Waals surface area contributed by atoms with E-state index in [1.54, 1.807) is 4.90 Å². The highest BCUT2D eigenvalue weighted by atomic mass is 32.1. The van der Waals surface area contributed by atoms with E-state index < -0.39 is 0 Å². The van der Waals surface area contributed by atoms with Gasteiger partial charge in [0.2, 0.25) is 5.91 Å². The molecule has 0 bridgehead atoms. The second-order valence-corrected chi connectivity index (χ2v) is 5.11. The smallest absolute Gasteiger partial charge is 0.223 e. The minimum Gasteiger partial charge on any atom is -0.392 e. The minimum absolute atomic E-state index is 0.180. The SMILES string of the molecule is CC(C)N(CC(N)=S)C(=O)CC1CCC1. The van der Waals surface area contributed by atoms with Gasteiger partial charge in [0.1, 0.15) is 0 Å². The van der Waals surface area contributed by atoms with E-state index in [0.717, 1.165) is 0 Å². The van der Waals surface area contributed by atoms with Gasteiger partial charge in [0.05, 0.1) is 11.5 Å². The van der Waals surface area contributed by atoms with Gasteiger partial charge in [-0.15, -0.1) is 0 Å². The van der Waals surface area contributed by atoms with E-state index in [4.69, 9.17) is 18.0 Å². The number of nitrogens with two attached hydrogens (primary N) is 1. The largest absolute Gasteiger partial charge is 0.392 e. The van der Waals surface area contributed by atoms with Gasteiger partial charge in [-0.2, -0.15) is 0 Å². The molecule has 0 unspecified atom stereocenters. The van der Waals surface area contributed by atoms with Crippen LogP contribution < -0.4 is 5.73 Å². The average molecular weight is 228 g/mol. The summed E-state index contributed by atoms with van der Waals surface area (Å²) in [7, 11) is 0. The molecule has 0 radical (unpaired) electrons. The summed E-state index contributed by atoms with van der Waals surface area (Å²) in [5.74, 6) is 0.799. The lowest BCUT2D eigenvalue weighted by molar-refractivity contribution is -0.133. The van der Waals surface area contributed by atoms with Gasteiger partial charge in [0.25, 0.3) is 0 Å². The van der Waals surface area contributed by atoms with E-state index in [1.807, 2.05) is 13.8 Å². The predicted molar refractivity (Wildman–Crippen MR) is 65.6 cm³/mol. The second kappa shape index (κ2) is 5.45. The summed E-state index contributed by atoms with van der Waals surface area (Å²) in [6, 6.07) is 0.180. The second-order valence-electron chi connectivity index (χ2n) is 4.58. The Morgan fingerprint density at radius 2 is 2.13 bits per heavy atom. The fraction of sp³-hybridized carbons (Fsp3) is 0.818. The first-order chi connectivity index (χ1) is 7.00. The highest BCUT2D eigenvalue weighted by molar-refractivity contribution is 7.80. The van der Waals surface area contributed by atoms with Gasteiger partial charge in [-0.25, -0.2) is 0 Å². The van der Waals surface area contributed by atoms with Crippen molar-refractivity contribution in [1.29, 1.82) is 0 Å². The maximum atomic E-state index is 11.9. The summed E-state index contributed by atoms with van der Waals surface area (Å²) in [5, 5.41) is 0. The third-order valence-corrected chi connectivity index (χ3v) is 3.09. The molecule has 0 aromatic heterocycles. The number of amides is 1. The molecule has 1 aliphatic rings. The van der Waals surface area contributed by atoms with E-state index in [-0.39, 0.29) is 11.9 Å². The number of nitrogens with zero attached hydrogens (tertiary/aromatic N) is 1. The third kappa shape index (κ3) is 3.78. The summed E-state index contributed by atoms with van der Waals surface area (Å²) < 4.78 is 0. The summed E-state index contributed by atoms with van der Waals surface area (Å²) in [6.45, 7) is 4.41. The highest BCUT2D eigenvalue weighted by Gasteiger charge is 2.25. The maximum Gasteiger partial charge on any atom is 0.223 e. The molecule has 0 aromatic carbocycles. The lowest BCUT2D eigenvalue weighted by Gasteiger charge is -2.31. The van der Waals surface area contributed by atoms with Crippen LogP contribution in [0.1, 0.15) is 39.5 Å². The zero-order valence-corrected chi connectivity index (χ0v) is 10.3. The van der Waals surface area contributed by atoms with Crippen molar-refractivity contribution < 1.29 is 4.79 Å². The molecule has 0 spiro atoms. The van der Waals surface area contributed by atoms with Crippen molar-refractivity contribution in [2.75, 3.05) is 6.54 Å². The molecular weight excluding hydrogens is 208 g/mol. The Hall–Kier alpha value is -0.640. The molecule has 1 rings (SSSR count). The van der Waals surface area contributed by atoms with Crippen LogP contribution in [0, 0.1) is 5.92 Å². The molecule has 86 valence electrons. The van der Waals surface area contributed by atoms with E-state index in [0.29, 0.717) is 23.9 Å². The highest BCUT2D eigenvalue weighted by Crippen LogP contribution is 2.30. The first-order valence-electron chi connectivity index (χ1n) is 5.58. The topological polar surface area (TPSA) is 46.3 Å². The standard InChI is InChI=1S/C11H20N2OS/c1-8(2)13(7-10(12)15)11(14)6-9-4-3-5-9/h8-9H,3-7H2,1-2H3,(H2,12,15). The Kier molecular flexibility index (Phi) is 4.51. The van der Waals surface area contributed by atoms with Crippen LogP contribution in [-0.2, 0) is 4.79 Å².